The molecule has 0 bridgehead atoms. The number of aldehydes is 1. The molecular formula is C10H12O5. The van der Waals surface area contributed by atoms with Gasteiger partial charge in [-0.15, -0.1) is 0 Å². The lowest BCUT2D eigenvalue weighted by atomic mass is 9.84. The Balaban J connectivity index is 2.97. The fourth-order valence-corrected chi connectivity index (χ4v) is 1.67. The van der Waals surface area contributed by atoms with E-state index in [9.17, 15) is 14.4 Å². The zero-order valence-electron chi connectivity index (χ0n) is 8.61. The van der Waals surface area contributed by atoms with Gasteiger partial charge in [0.1, 0.15) is 6.29 Å². The highest BCUT2D eigenvalue weighted by atomic mass is 16.5. The Kier molecular flexibility index (Phi) is 3.24. The first-order chi connectivity index (χ1) is 7.10. The van der Waals surface area contributed by atoms with Gasteiger partial charge in [-0.3, -0.25) is 14.4 Å². The molecule has 15 heavy (non-hydrogen) atoms. The monoisotopic (exact) mass is 212 g/mol. The van der Waals surface area contributed by atoms with Crippen LogP contribution in [0.4, 0.5) is 0 Å². The van der Waals surface area contributed by atoms with Gasteiger partial charge < -0.3 is 9.47 Å². The average molecular weight is 212 g/mol. The molecule has 0 saturated carbocycles. The number of allylic oxidation sites excluding steroid dienone is 2. The van der Waals surface area contributed by atoms with E-state index in [4.69, 9.17) is 0 Å². The highest BCUT2D eigenvalue weighted by molar-refractivity contribution is 6.02. The third-order valence-corrected chi connectivity index (χ3v) is 2.52. The van der Waals surface area contributed by atoms with Crippen LogP contribution >= 0.6 is 0 Å². The van der Waals surface area contributed by atoms with Crippen molar-refractivity contribution in [3.05, 3.63) is 11.6 Å². The van der Waals surface area contributed by atoms with E-state index in [1.54, 1.807) is 6.08 Å². The number of carbonyl (C=O) groups is 3. The molecule has 0 aromatic heterocycles. The van der Waals surface area contributed by atoms with Gasteiger partial charge in [0.25, 0.3) is 0 Å². The van der Waals surface area contributed by atoms with Gasteiger partial charge in [0.2, 0.25) is 0 Å². The predicted molar refractivity (Wildman–Crippen MR) is 49.8 cm³/mol. The second kappa shape index (κ2) is 4.25. The zero-order valence-corrected chi connectivity index (χ0v) is 8.61. The van der Waals surface area contributed by atoms with Gasteiger partial charge in [-0.05, 0) is 12.0 Å². The van der Waals surface area contributed by atoms with E-state index in [2.05, 4.69) is 9.47 Å². The molecule has 0 N–H and O–H groups in total. The average Bonchev–Trinajstić information content (AvgIpc) is 2.72. The second-order valence-electron chi connectivity index (χ2n) is 3.34. The van der Waals surface area contributed by atoms with Crippen molar-refractivity contribution in [1.82, 2.24) is 0 Å². The third-order valence-electron chi connectivity index (χ3n) is 2.52. The lowest BCUT2D eigenvalue weighted by Gasteiger charge is -2.22. The van der Waals surface area contributed by atoms with E-state index in [-0.39, 0.29) is 12.8 Å². The smallest absolute Gasteiger partial charge is 0.323 e. The largest absolute Gasteiger partial charge is 0.468 e. The van der Waals surface area contributed by atoms with Crippen molar-refractivity contribution in [2.75, 3.05) is 14.2 Å². The Morgan fingerprint density at radius 1 is 1.33 bits per heavy atom. The Hall–Kier alpha value is -1.65. The minimum atomic E-state index is -1.36. The van der Waals surface area contributed by atoms with Crippen LogP contribution in [0.15, 0.2) is 11.6 Å². The summed E-state index contributed by atoms with van der Waals surface area (Å²) in [5, 5.41) is 0. The molecular weight excluding hydrogens is 200 g/mol. The summed E-state index contributed by atoms with van der Waals surface area (Å²) in [7, 11) is 2.40. The van der Waals surface area contributed by atoms with Crippen LogP contribution in [0.1, 0.15) is 12.8 Å². The molecule has 0 radical (unpaired) electrons. The lowest BCUT2D eigenvalue weighted by molar-refractivity contribution is -0.168. The van der Waals surface area contributed by atoms with Crippen molar-refractivity contribution < 1.29 is 23.9 Å². The molecule has 5 heteroatoms. The Morgan fingerprint density at radius 3 is 2.20 bits per heavy atom. The molecule has 0 spiro atoms. The van der Waals surface area contributed by atoms with Gasteiger partial charge in [-0.1, -0.05) is 6.08 Å². The molecule has 5 nitrogen and oxygen atoms in total. The van der Waals surface area contributed by atoms with Crippen molar-refractivity contribution >= 4 is 18.2 Å². The quantitative estimate of drug-likeness (QED) is 0.380. The van der Waals surface area contributed by atoms with Crippen molar-refractivity contribution in [3.63, 3.8) is 0 Å². The summed E-state index contributed by atoms with van der Waals surface area (Å²) in [6.45, 7) is 0. The predicted octanol–water partition coefficient (Wildman–Crippen LogP) is 0.238. The van der Waals surface area contributed by atoms with Crippen LogP contribution in [-0.2, 0) is 23.9 Å². The van der Waals surface area contributed by atoms with Gasteiger partial charge in [-0.2, -0.15) is 0 Å². The molecule has 1 aliphatic carbocycles. The molecule has 1 rings (SSSR count). The lowest BCUT2D eigenvalue weighted by Crippen LogP contribution is -2.39. The summed E-state index contributed by atoms with van der Waals surface area (Å²) < 4.78 is 9.13. The van der Waals surface area contributed by atoms with Gasteiger partial charge in [-0.25, -0.2) is 0 Å². The highest BCUT2D eigenvalue weighted by Gasteiger charge is 2.50. The maximum atomic E-state index is 11.5. The standard InChI is InChI=1S/C10H12O5/c1-14-8(12)10(9(13)15-2)4-3-7(5-10)6-11/h3,6H,4-5H2,1-2H3. The van der Waals surface area contributed by atoms with Crippen molar-refractivity contribution in [2.45, 2.75) is 12.8 Å². The summed E-state index contributed by atoms with van der Waals surface area (Å²) in [5.41, 5.74) is -0.939. The summed E-state index contributed by atoms with van der Waals surface area (Å²) in [5.74, 6) is -1.33. The molecule has 0 aromatic rings. The maximum Gasteiger partial charge on any atom is 0.323 e. The minimum Gasteiger partial charge on any atom is -0.468 e. The number of esters is 2. The molecule has 0 amide bonds. The molecule has 0 fully saturated rings. The fourth-order valence-electron chi connectivity index (χ4n) is 1.67. The number of hydrogen-bond acceptors (Lipinski definition) is 5. The van der Waals surface area contributed by atoms with Crippen LogP contribution in [0.5, 0.6) is 0 Å². The first kappa shape index (κ1) is 11.4. The normalized spacial score (nSPS) is 17.9. The summed E-state index contributed by atoms with van der Waals surface area (Å²) in [6.07, 6.45) is 2.39. The van der Waals surface area contributed by atoms with E-state index in [0.29, 0.717) is 11.9 Å². The molecule has 0 heterocycles. The van der Waals surface area contributed by atoms with Crippen LogP contribution in [0.2, 0.25) is 0 Å². The number of hydrogen-bond donors (Lipinski definition) is 0. The topological polar surface area (TPSA) is 69.7 Å². The first-order valence-corrected chi connectivity index (χ1v) is 4.41. The number of rotatable bonds is 3. The number of methoxy groups -OCH3 is 2. The Morgan fingerprint density at radius 2 is 1.87 bits per heavy atom. The van der Waals surface area contributed by atoms with E-state index < -0.39 is 17.4 Å². The van der Waals surface area contributed by atoms with Crippen LogP contribution in [0, 0.1) is 5.41 Å². The van der Waals surface area contributed by atoms with Crippen LogP contribution in [0.25, 0.3) is 0 Å². The first-order valence-electron chi connectivity index (χ1n) is 4.41. The zero-order chi connectivity index (χ0) is 11.5. The molecule has 0 aliphatic heterocycles. The molecule has 0 unspecified atom stereocenters. The van der Waals surface area contributed by atoms with Gasteiger partial charge >= 0.3 is 11.9 Å². The molecule has 1 aliphatic rings. The Bertz CT molecular complexity index is 313. The van der Waals surface area contributed by atoms with Crippen molar-refractivity contribution in [2.24, 2.45) is 5.41 Å². The second-order valence-corrected chi connectivity index (χ2v) is 3.34. The molecule has 0 saturated heterocycles. The summed E-state index contributed by atoms with van der Waals surface area (Å²) >= 11 is 0. The Labute approximate surface area is 87.0 Å². The molecule has 82 valence electrons. The van der Waals surface area contributed by atoms with E-state index in [0.717, 1.165) is 0 Å². The number of carbonyl (C=O) groups excluding carboxylic acids is 3. The van der Waals surface area contributed by atoms with Crippen LogP contribution < -0.4 is 0 Å². The van der Waals surface area contributed by atoms with Crippen LogP contribution in [0.3, 0.4) is 0 Å². The highest BCUT2D eigenvalue weighted by Crippen LogP contribution is 2.39. The van der Waals surface area contributed by atoms with Crippen LogP contribution in [-0.4, -0.2) is 32.4 Å². The van der Waals surface area contributed by atoms with Gasteiger partial charge in [0, 0.05) is 6.42 Å². The van der Waals surface area contributed by atoms with E-state index in [1.807, 2.05) is 0 Å². The van der Waals surface area contributed by atoms with Gasteiger partial charge in [0.05, 0.1) is 14.2 Å². The molecule has 0 aromatic carbocycles. The van der Waals surface area contributed by atoms with Crippen molar-refractivity contribution in [1.29, 1.82) is 0 Å². The maximum absolute atomic E-state index is 11.5. The molecule has 0 atom stereocenters. The summed E-state index contributed by atoms with van der Waals surface area (Å²) in [4.78, 5) is 33.6. The number of ether oxygens (including phenoxy) is 2. The van der Waals surface area contributed by atoms with Crippen molar-refractivity contribution in [3.8, 4) is 0 Å². The minimum absolute atomic E-state index is 0.0514. The third kappa shape index (κ3) is 1.77. The van der Waals surface area contributed by atoms with E-state index in [1.165, 1.54) is 14.2 Å². The SMILES string of the molecule is COC(=O)C1(C(=O)OC)CC=C(C=O)C1. The van der Waals surface area contributed by atoms with Gasteiger partial charge in [0.15, 0.2) is 5.41 Å². The van der Waals surface area contributed by atoms with E-state index >= 15 is 0 Å². The summed E-state index contributed by atoms with van der Waals surface area (Å²) in [6, 6.07) is 0. The fraction of sp³-hybridized carbons (Fsp3) is 0.500.